The Hall–Kier alpha value is -2.82. The van der Waals surface area contributed by atoms with E-state index in [0.29, 0.717) is 17.0 Å². The minimum Gasteiger partial charge on any atom is -0.423 e. The highest BCUT2D eigenvalue weighted by atomic mass is 16.5. The Morgan fingerprint density at radius 2 is 1.52 bits per heavy atom. The first kappa shape index (κ1) is 18.2. The molecule has 0 aromatic heterocycles. The fourth-order valence-electron chi connectivity index (χ4n) is 6.04. The normalized spacial score (nSPS) is 29.3. The first-order chi connectivity index (χ1) is 14.1. The summed E-state index contributed by atoms with van der Waals surface area (Å²) in [5.74, 6) is 2.33. The Kier molecular flexibility index (Phi) is 4.53. The highest BCUT2D eigenvalue weighted by Gasteiger charge is 2.51. The van der Waals surface area contributed by atoms with Crippen molar-refractivity contribution in [1.29, 1.82) is 0 Å². The molecule has 2 N–H and O–H groups in total. The van der Waals surface area contributed by atoms with Crippen molar-refractivity contribution < 1.29 is 14.3 Å². The number of benzene rings is 2. The van der Waals surface area contributed by atoms with Crippen LogP contribution in [0.15, 0.2) is 54.6 Å². The maximum absolute atomic E-state index is 12.7. The van der Waals surface area contributed by atoms with Gasteiger partial charge in [0.2, 0.25) is 0 Å². The summed E-state index contributed by atoms with van der Waals surface area (Å²) in [6.07, 6.45) is 7.37. The number of amides is 2. The van der Waals surface area contributed by atoms with Gasteiger partial charge in [-0.05, 0) is 80.5 Å². The van der Waals surface area contributed by atoms with E-state index in [2.05, 4.69) is 10.6 Å². The molecule has 2 aromatic carbocycles. The zero-order chi connectivity index (χ0) is 19.8. The summed E-state index contributed by atoms with van der Waals surface area (Å²) in [7, 11) is 0. The molecule has 150 valence electrons. The van der Waals surface area contributed by atoms with E-state index in [1.54, 1.807) is 48.5 Å². The Bertz CT molecular complexity index is 889. The molecule has 0 aliphatic heterocycles. The third-order valence-electron chi connectivity index (χ3n) is 6.73. The fraction of sp³-hybridized carbons (Fsp3) is 0.417. The number of rotatable bonds is 4. The second-order valence-electron chi connectivity index (χ2n) is 9.06. The van der Waals surface area contributed by atoms with Gasteiger partial charge in [0.05, 0.1) is 5.56 Å². The zero-order valence-corrected chi connectivity index (χ0v) is 16.4. The number of ether oxygens (including phenoxy) is 1. The highest BCUT2D eigenvalue weighted by Crippen LogP contribution is 2.55. The number of hydrogen-bond acceptors (Lipinski definition) is 3. The highest BCUT2D eigenvalue weighted by molar-refractivity contribution is 5.92. The third-order valence-corrected chi connectivity index (χ3v) is 6.73. The lowest BCUT2D eigenvalue weighted by Crippen LogP contribution is -2.60. The van der Waals surface area contributed by atoms with Gasteiger partial charge < -0.3 is 15.4 Å². The molecule has 0 unspecified atom stereocenters. The van der Waals surface area contributed by atoms with Crippen LogP contribution in [0.4, 0.5) is 10.5 Å². The maximum atomic E-state index is 12.7. The number of nitrogens with one attached hydrogen (secondary N) is 2. The average molecular weight is 390 g/mol. The quantitative estimate of drug-likeness (QED) is 0.570. The van der Waals surface area contributed by atoms with E-state index in [1.165, 1.54) is 19.3 Å². The van der Waals surface area contributed by atoms with Gasteiger partial charge in [0.15, 0.2) is 0 Å². The first-order valence-electron chi connectivity index (χ1n) is 10.5. The van der Waals surface area contributed by atoms with Crippen LogP contribution in [-0.2, 0) is 0 Å². The molecule has 4 aliphatic carbocycles. The van der Waals surface area contributed by atoms with Crippen molar-refractivity contribution in [3.63, 3.8) is 0 Å². The van der Waals surface area contributed by atoms with Gasteiger partial charge in [-0.15, -0.1) is 0 Å². The number of urea groups is 1. The van der Waals surface area contributed by atoms with E-state index < -0.39 is 5.97 Å². The van der Waals surface area contributed by atoms with Crippen LogP contribution < -0.4 is 15.4 Å². The van der Waals surface area contributed by atoms with Gasteiger partial charge in [0.25, 0.3) is 0 Å². The van der Waals surface area contributed by atoms with Crippen molar-refractivity contribution >= 4 is 17.7 Å². The summed E-state index contributed by atoms with van der Waals surface area (Å²) in [6, 6.07) is 15.7. The maximum Gasteiger partial charge on any atom is 0.343 e. The van der Waals surface area contributed by atoms with Crippen molar-refractivity contribution in [2.45, 2.75) is 44.1 Å². The molecule has 0 radical (unpaired) electrons. The van der Waals surface area contributed by atoms with E-state index in [1.807, 2.05) is 6.07 Å². The summed E-state index contributed by atoms with van der Waals surface area (Å²) < 4.78 is 5.45. The molecule has 4 fully saturated rings. The number of hydrogen-bond donors (Lipinski definition) is 2. The van der Waals surface area contributed by atoms with E-state index in [9.17, 15) is 9.59 Å². The van der Waals surface area contributed by atoms with Gasteiger partial charge in [0.1, 0.15) is 5.75 Å². The van der Waals surface area contributed by atoms with Crippen molar-refractivity contribution in [2.24, 2.45) is 17.8 Å². The van der Waals surface area contributed by atoms with Gasteiger partial charge >= 0.3 is 12.0 Å². The van der Waals surface area contributed by atoms with E-state index >= 15 is 0 Å². The number of carbonyl (C=O) groups is 2. The molecule has 0 atom stereocenters. The second kappa shape index (κ2) is 7.21. The molecule has 0 spiro atoms. The van der Waals surface area contributed by atoms with Crippen LogP contribution in [-0.4, -0.2) is 17.5 Å². The molecule has 0 heterocycles. The first-order valence-corrected chi connectivity index (χ1v) is 10.5. The molecule has 2 amide bonds. The molecule has 4 saturated carbocycles. The monoisotopic (exact) mass is 390 g/mol. The molecule has 0 saturated heterocycles. The molecule has 4 bridgehead atoms. The second-order valence-corrected chi connectivity index (χ2v) is 9.06. The molecular formula is C24H26N2O3. The lowest BCUT2D eigenvalue weighted by atomic mass is 9.53. The van der Waals surface area contributed by atoms with Gasteiger partial charge in [0, 0.05) is 17.3 Å². The molecule has 5 nitrogen and oxygen atoms in total. The standard InChI is InChI=1S/C24H26N2O3/c27-22(19-5-2-1-3-6-19)29-21-8-4-7-20(12-21)25-23(28)26-24-13-16-9-17(14-24)11-18(10-16)15-24/h1-8,12,16-18H,9-11,13-15H2,(H2,25,26,28). The van der Waals surface area contributed by atoms with Crippen LogP contribution in [0.1, 0.15) is 48.9 Å². The summed E-state index contributed by atoms with van der Waals surface area (Å²) in [5, 5.41) is 6.23. The molecule has 29 heavy (non-hydrogen) atoms. The van der Waals surface area contributed by atoms with Crippen molar-refractivity contribution in [3.8, 4) is 5.75 Å². The SMILES string of the molecule is O=C(Nc1cccc(OC(=O)c2ccccc2)c1)NC12CC3CC(CC(C3)C1)C2. The molecule has 4 aliphatic rings. The van der Waals surface area contributed by atoms with Crippen LogP contribution in [0.25, 0.3) is 0 Å². The molecular weight excluding hydrogens is 364 g/mol. The Labute approximate surface area is 170 Å². The van der Waals surface area contributed by atoms with Crippen LogP contribution in [0.5, 0.6) is 5.75 Å². The number of esters is 1. The van der Waals surface area contributed by atoms with Crippen LogP contribution in [0.3, 0.4) is 0 Å². The smallest absolute Gasteiger partial charge is 0.343 e. The Balaban J connectivity index is 1.22. The minimum atomic E-state index is -0.416. The van der Waals surface area contributed by atoms with E-state index in [0.717, 1.165) is 37.0 Å². The predicted molar refractivity (Wildman–Crippen MR) is 111 cm³/mol. The van der Waals surface area contributed by atoms with Gasteiger partial charge in [-0.2, -0.15) is 0 Å². The summed E-state index contributed by atoms with van der Waals surface area (Å²) in [5.41, 5.74) is 1.08. The Morgan fingerprint density at radius 1 is 0.862 bits per heavy atom. The topological polar surface area (TPSA) is 67.4 Å². The Morgan fingerprint density at radius 3 is 2.17 bits per heavy atom. The predicted octanol–water partition coefficient (Wildman–Crippen LogP) is 5.00. The lowest BCUT2D eigenvalue weighted by Gasteiger charge is -2.56. The van der Waals surface area contributed by atoms with E-state index in [-0.39, 0.29) is 11.6 Å². The average Bonchev–Trinajstić information content (AvgIpc) is 2.67. The zero-order valence-electron chi connectivity index (χ0n) is 16.4. The van der Waals surface area contributed by atoms with Crippen molar-refractivity contribution in [2.75, 3.05) is 5.32 Å². The van der Waals surface area contributed by atoms with Crippen LogP contribution in [0, 0.1) is 17.8 Å². The van der Waals surface area contributed by atoms with Gasteiger partial charge in [-0.3, -0.25) is 0 Å². The van der Waals surface area contributed by atoms with Crippen molar-refractivity contribution in [3.05, 3.63) is 60.2 Å². The van der Waals surface area contributed by atoms with Gasteiger partial charge in [-0.25, -0.2) is 9.59 Å². The third kappa shape index (κ3) is 3.86. The fourth-order valence-corrected chi connectivity index (χ4v) is 6.04. The van der Waals surface area contributed by atoms with Crippen LogP contribution in [0.2, 0.25) is 0 Å². The number of anilines is 1. The molecule has 5 heteroatoms. The number of carbonyl (C=O) groups excluding carboxylic acids is 2. The summed E-state index contributed by atoms with van der Waals surface area (Å²) >= 11 is 0. The van der Waals surface area contributed by atoms with Crippen molar-refractivity contribution in [1.82, 2.24) is 5.32 Å². The summed E-state index contributed by atoms with van der Waals surface area (Å²) in [6.45, 7) is 0. The minimum absolute atomic E-state index is 0.0315. The van der Waals surface area contributed by atoms with Gasteiger partial charge in [-0.1, -0.05) is 24.3 Å². The summed E-state index contributed by atoms with van der Waals surface area (Å²) in [4.78, 5) is 25.0. The molecule has 2 aromatic rings. The lowest BCUT2D eigenvalue weighted by molar-refractivity contribution is -0.0127. The molecule has 6 rings (SSSR count). The largest absolute Gasteiger partial charge is 0.423 e. The van der Waals surface area contributed by atoms with Crippen LogP contribution >= 0.6 is 0 Å². The van der Waals surface area contributed by atoms with E-state index in [4.69, 9.17) is 4.74 Å².